The molecule has 1 unspecified atom stereocenters. The maximum atomic E-state index is 13.0. The first-order valence-electron chi connectivity index (χ1n) is 9.05. The summed E-state index contributed by atoms with van der Waals surface area (Å²) in [5, 5.41) is 2.80. The lowest BCUT2D eigenvalue weighted by atomic mass is 10.2. The van der Waals surface area contributed by atoms with E-state index in [0.29, 0.717) is 0 Å². The van der Waals surface area contributed by atoms with E-state index in [1.165, 1.54) is 19.9 Å². The summed E-state index contributed by atoms with van der Waals surface area (Å²) in [5.41, 5.74) is 1.11. The molecule has 5 rings (SSSR count). The third kappa shape index (κ3) is 2.53. The average Bonchev–Trinajstić information content (AvgIpc) is 3.40. The second-order valence-corrected chi connectivity index (χ2v) is 9.04. The number of aryl methyl sites for hydroxylation is 2. The van der Waals surface area contributed by atoms with Gasteiger partial charge in [0.2, 0.25) is 5.91 Å². The Balaban J connectivity index is 1.45. The van der Waals surface area contributed by atoms with Crippen molar-refractivity contribution >= 4 is 38.8 Å². The van der Waals surface area contributed by atoms with E-state index in [9.17, 15) is 9.59 Å². The minimum absolute atomic E-state index is 0.0102. The molecule has 3 aromatic heterocycles. The van der Waals surface area contributed by atoms with Gasteiger partial charge in [-0.3, -0.25) is 14.2 Å². The Labute approximate surface area is 158 Å². The first-order chi connectivity index (χ1) is 12.7. The van der Waals surface area contributed by atoms with Gasteiger partial charge in [0, 0.05) is 16.3 Å². The van der Waals surface area contributed by atoms with Crippen LogP contribution in [0.4, 0.5) is 0 Å². The van der Waals surface area contributed by atoms with Crippen LogP contribution in [0.15, 0.2) is 28.6 Å². The standard InChI is InChI=1S/C19H19N3O2S2/c23-16(22-8-2-5-13(22)15-7-3-9-25-15)10-21-11-20-18-17(19(21)24)12-4-1-6-14(12)26-18/h3,7,9,11,13H,1-2,4-6,8,10H2. The van der Waals surface area contributed by atoms with Gasteiger partial charge in [-0.25, -0.2) is 4.98 Å². The van der Waals surface area contributed by atoms with Crippen LogP contribution in [-0.2, 0) is 24.2 Å². The third-order valence-corrected chi connectivity index (χ3v) is 7.62. The van der Waals surface area contributed by atoms with Crippen molar-refractivity contribution in [1.29, 1.82) is 0 Å². The van der Waals surface area contributed by atoms with Crippen LogP contribution in [0.2, 0.25) is 0 Å². The molecule has 1 aliphatic heterocycles. The van der Waals surface area contributed by atoms with Crippen LogP contribution in [-0.4, -0.2) is 26.9 Å². The maximum Gasteiger partial charge on any atom is 0.262 e. The van der Waals surface area contributed by atoms with Gasteiger partial charge in [-0.2, -0.15) is 0 Å². The van der Waals surface area contributed by atoms with E-state index in [1.54, 1.807) is 29.0 Å². The predicted octanol–water partition coefficient (Wildman–Crippen LogP) is 3.37. The monoisotopic (exact) mass is 385 g/mol. The molecule has 0 saturated carbocycles. The van der Waals surface area contributed by atoms with Gasteiger partial charge >= 0.3 is 0 Å². The first kappa shape index (κ1) is 16.2. The molecule has 1 amide bonds. The highest BCUT2D eigenvalue weighted by atomic mass is 32.1. The number of likely N-dealkylation sites (tertiary alicyclic amines) is 1. The molecule has 0 N–H and O–H groups in total. The molecule has 2 aliphatic rings. The predicted molar refractivity (Wildman–Crippen MR) is 104 cm³/mol. The van der Waals surface area contributed by atoms with Crippen molar-refractivity contribution in [3.05, 3.63) is 49.5 Å². The Bertz CT molecular complexity index is 1040. The fourth-order valence-corrected chi connectivity index (χ4v) is 6.30. The van der Waals surface area contributed by atoms with Gasteiger partial charge in [0.15, 0.2) is 0 Å². The number of hydrogen-bond donors (Lipinski definition) is 0. The summed E-state index contributed by atoms with van der Waals surface area (Å²) in [6, 6.07) is 4.27. The number of carbonyl (C=O) groups is 1. The zero-order valence-corrected chi connectivity index (χ0v) is 15.9. The van der Waals surface area contributed by atoms with Gasteiger partial charge in [-0.1, -0.05) is 6.07 Å². The molecule has 7 heteroatoms. The number of carbonyl (C=O) groups excluding carboxylic acids is 1. The Morgan fingerprint density at radius 2 is 2.23 bits per heavy atom. The largest absolute Gasteiger partial charge is 0.333 e. The van der Waals surface area contributed by atoms with Crippen LogP contribution >= 0.6 is 22.7 Å². The molecule has 1 atom stereocenters. The minimum atomic E-state index is -0.0605. The van der Waals surface area contributed by atoms with Crippen molar-refractivity contribution in [3.8, 4) is 0 Å². The summed E-state index contributed by atoms with van der Waals surface area (Å²) in [6.45, 7) is 0.841. The van der Waals surface area contributed by atoms with E-state index in [4.69, 9.17) is 0 Å². The lowest BCUT2D eigenvalue weighted by Crippen LogP contribution is -2.36. The van der Waals surface area contributed by atoms with Crippen molar-refractivity contribution < 1.29 is 4.79 Å². The number of rotatable bonds is 3. The Morgan fingerprint density at radius 1 is 1.31 bits per heavy atom. The van der Waals surface area contributed by atoms with Gasteiger partial charge < -0.3 is 4.90 Å². The number of thiophene rings is 2. The van der Waals surface area contributed by atoms with E-state index < -0.39 is 0 Å². The summed E-state index contributed by atoms with van der Waals surface area (Å²) in [5.74, 6) is 0.0102. The fourth-order valence-electron chi connectivity index (χ4n) is 4.21. The maximum absolute atomic E-state index is 13.0. The molecule has 5 nitrogen and oxygen atoms in total. The van der Waals surface area contributed by atoms with Crippen LogP contribution in [0.1, 0.15) is 40.6 Å². The molecule has 3 aromatic rings. The normalized spacial score (nSPS) is 19.4. The zero-order chi connectivity index (χ0) is 17.7. The minimum Gasteiger partial charge on any atom is -0.333 e. The number of nitrogens with zero attached hydrogens (tertiary/aromatic N) is 3. The molecule has 1 saturated heterocycles. The number of aromatic nitrogens is 2. The molecular formula is C19H19N3O2S2. The highest BCUT2D eigenvalue weighted by Gasteiger charge is 2.31. The quantitative estimate of drug-likeness (QED) is 0.695. The molecule has 4 heterocycles. The van der Waals surface area contributed by atoms with Crippen LogP contribution in [0, 0.1) is 0 Å². The molecule has 0 radical (unpaired) electrons. The van der Waals surface area contributed by atoms with Crippen molar-refractivity contribution in [2.75, 3.05) is 6.54 Å². The molecular weight excluding hydrogens is 366 g/mol. The SMILES string of the molecule is O=C(Cn1cnc2sc3c(c2c1=O)CCC3)N1CCCC1c1cccs1. The summed E-state index contributed by atoms with van der Waals surface area (Å²) < 4.78 is 1.50. The summed E-state index contributed by atoms with van der Waals surface area (Å²) >= 11 is 3.33. The number of fused-ring (bicyclic) bond motifs is 3. The highest BCUT2D eigenvalue weighted by molar-refractivity contribution is 7.18. The van der Waals surface area contributed by atoms with E-state index in [-0.39, 0.29) is 24.1 Å². The lowest BCUT2D eigenvalue weighted by molar-refractivity contribution is -0.132. The molecule has 1 fully saturated rings. The summed E-state index contributed by atoms with van der Waals surface area (Å²) in [7, 11) is 0. The Morgan fingerprint density at radius 3 is 3.08 bits per heavy atom. The van der Waals surface area contributed by atoms with Gasteiger partial charge in [-0.15, -0.1) is 22.7 Å². The second-order valence-electron chi connectivity index (χ2n) is 6.98. The smallest absolute Gasteiger partial charge is 0.262 e. The van der Waals surface area contributed by atoms with E-state index in [2.05, 4.69) is 16.4 Å². The van der Waals surface area contributed by atoms with Crippen LogP contribution in [0.3, 0.4) is 0 Å². The summed E-state index contributed by atoms with van der Waals surface area (Å²) in [6.07, 6.45) is 6.67. The van der Waals surface area contributed by atoms with Gasteiger partial charge in [0.05, 0.1) is 17.8 Å². The lowest BCUT2D eigenvalue weighted by Gasteiger charge is -2.24. The first-order valence-corrected chi connectivity index (χ1v) is 10.7. The van der Waals surface area contributed by atoms with Gasteiger partial charge in [0.25, 0.3) is 5.56 Å². The van der Waals surface area contributed by atoms with Crippen molar-refractivity contribution in [2.24, 2.45) is 0 Å². The van der Waals surface area contributed by atoms with Crippen molar-refractivity contribution in [3.63, 3.8) is 0 Å². The van der Waals surface area contributed by atoms with E-state index in [1.807, 2.05) is 11.0 Å². The number of hydrogen-bond acceptors (Lipinski definition) is 5. The molecule has 0 spiro atoms. The van der Waals surface area contributed by atoms with Crippen LogP contribution in [0.25, 0.3) is 10.2 Å². The van der Waals surface area contributed by atoms with Gasteiger partial charge in [-0.05, 0) is 49.1 Å². The molecule has 26 heavy (non-hydrogen) atoms. The van der Waals surface area contributed by atoms with Gasteiger partial charge in [0.1, 0.15) is 11.4 Å². The summed E-state index contributed by atoms with van der Waals surface area (Å²) in [4.78, 5) is 35.6. The van der Waals surface area contributed by atoms with E-state index >= 15 is 0 Å². The molecule has 1 aliphatic carbocycles. The third-order valence-electron chi connectivity index (χ3n) is 5.44. The molecule has 0 bridgehead atoms. The van der Waals surface area contributed by atoms with Crippen molar-refractivity contribution in [1.82, 2.24) is 14.5 Å². The zero-order valence-electron chi connectivity index (χ0n) is 14.3. The average molecular weight is 386 g/mol. The molecule has 134 valence electrons. The Kier molecular flexibility index (Phi) is 3.94. The topological polar surface area (TPSA) is 55.2 Å². The highest BCUT2D eigenvalue weighted by Crippen LogP contribution is 2.35. The van der Waals surface area contributed by atoms with E-state index in [0.717, 1.165) is 48.9 Å². The van der Waals surface area contributed by atoms with Crippen molar-refractivity contribution in [2.45, 2.75) is 44.7 Å². The fraction of sp³-hybridized carbons (Fsp3) is 0.421. The number of amides is 1. The molecule has 0 aromatic carbocycles. The second kappa shape index (κ2) is 6.32. The van der Waals surface area contributed by atoms with Crippen LogP contribution < -0.4 is 5.56 Å². The van der Waals surface area contributed by atoms with Crippen LogP contribution in [0.5, 0.6) is 0 Å². The Hall–Kier alpha value is -1.99.